The highest BCUT2D eigenvalue weighted by molar-refractivity contribution is 8.00. The highest BCUT2D eigenvalue weighted by Gasteiger charge is 2.26. The predicted molar refractivity (Wildman–Crippen MR) is 87.7 cm³/mol. The van der Waals surface area contributed by atoms with Gasteiger partial charge < -0.3 is 10.2 Å². The average molecular weight is 300 g/mol. The normalized spacial score (nSPS) is 20.9. The molecule has 108 valence electrons. The Kier molecular flexibility index (Phi) is 4.79. The molecule has 1 saturated heterocycles. The molecule has 0 aromatic carbocycles. The summed E-state index contributed by atoms with van der Waals surface area (Å²) in [7, 11) is 2.01. The summed E-state index contributed by atoms with van der Waals surface area (Å²) in [5.41, 5.74) is 1.38. The van der Waals surface area contributed by atoms with Crippen molar-refractivity contribution in [3.05, 3.63) is 10.6 Å². The summed E-state index contributed by atoms with van der Waals surface area (Å²) in [4.78, 5) is 8.80. The van der Waals surface area contributed by atoms with Gasteiger partial charge in [0.1, 0.15) is 0 Å². The molecule has 1 N–H and O–H groups in total. The summed E-state index contributed by atoms with van der Waals surface area (Å²) in [6.07, 6.45) is 0. The van der Waals surface area contributed by atoms with Crippen molar-refractivity contribution < 1.29 is 0 Å². The molecule has 5 heteroatoms. The Bertz CT molecular complexity index is 423. The van der Waals surface area contributed by atoms with Crippen molar-refractivity contribution >= 4 is 28.2 Å². The van der Waals surface area contributed by atoms with Crippen LogP contribution in [-0.2, 0) is 12.0 Å². The Hall–Kier alpha value is -0.260. The Morgan fingerprint density at radius 1 is 1.42 bits per heavy atom. The van der Waals surface area contributed by atoms with Gasteiger partial charge in [-0.3, -0.25) is 0 Å². The first-order valence-electron chi connectivity index (χ1n) is 6.93. The molecule has 1 aromatic heterocycles. The maximum atomic E-state index is 4.95. The second-order valence-electron chi connectivity index (χ2n) is 6.18. The van der Waals surface area contributed by atoms with Crippen molar-refractivity contribution in [1.29, 1.82) is 0 Å². The van der Waals surface area contributed by atoms with Crippen LogP contribution in [0.2, 0.25) is 0 Å². The van der Waals surface area contributed by atoms with E-state index in [1.54, 1.807) is 0 Å². The molecule has 1 aliphatic heterocycles. The molecular weight excluding hydrogens is 274 g/mol. The molecule has 2 rings (SSSR count). The molecule has 1 unspecified atom stereocenters. The fraction of sp³-hybridized carbons (Fsp3) is 0.786. The molecule has 1 aliphatic rings. The van der Waals surface area contributed by atoms with E-state index >= 15 is 0 Å². The third-order valence-corrected chi connectivity index (χ3v) is 5.50. The highest BCUT2D eigenvalue weighted by Crippen LogP contribution is 2.35. The van der Waals surface area contributed by atoms with Crippen LogP contribution in [0.25, 0.3) is 0 Å². The minimum absolute atomic E-state index is 0.122. The van der Waals surface area contributed by atoms with E-state index in [9.17, 15) is 0 Å². The Morgan fingerprint density at radius 2 is 2.16 bits per heavy atom. The molecule has 1 aromatic rings. The fourth-order valence-corrected chi connectivity index (χ4v) is 4.66. The molecule has 19 heavy (non-hydrogen) atoms. The number of thiazole rings is 1. The van der Waals surface area contributed by atoms with E-state index in [0.717, 1.165) is 19.6 Å². The second-order valence-corrected chi connectivity index (χ2v) is 8.78. The summed E-state index contributed by atoms with van der Waals surface area (Å²) >= 11 is 3.93. The largest absolute Gasteiger partial charge is 0.346 e. The van der Waals surface area contributed by atoms with Crippen LogP contribution in [0.15, 0.2) is 0 Å². The van der Waals surface area contributed by atoms with Crippen LogP contribution in [-0.4, -0.2) is 36.1 Å². The van der Waals surface area contributed by atoms with Gasteiger partial charge >= 0.3 is 0 Å². The number of nitrogens with one attached hydrogen (secondary N) is 1. The number of anilines is 1. The van der Waals surface area contributed by atoms with E-state index in [0.29, 0.717) is 5.25 Å². The summed E-state index contributed by atoms with van der Waals surface area (Å²) < 4.78 is 0. The van der Waals surface area contributed by atoms with Gasteiger partial charge in [0.2, 0.25) is 0 Å². The molecule has 0 aliphatic carbocycles. The third-order valence-electron chi connectivity index (χ3n) is 3.25. The smallest absolute Gasteiger partial charge is 0.185 e. The van der Waals surface area contributed by atoms with Crippen LogP contribution in [0, 0.1) is 0 Å². The van der Waals surface area contributed by atoms with E-state index in [-0.39, 0.29) is 5.41 Å². The Morgan fingerprint density at radius 3 is 2.74 bits per heavy atom. The van der Waals surface area contributed by atoms with E-state index in [2.05, 4.69) is 49.7 Å². The van der Waals surface area contributed by atoms with E-state index in [1.165, 1.54) is 21.5 Å². The monoisotopic (exact) mass is 299 g/mol. The van der Waals surface area contributed by atoms with Crippen molar-refractivity contribution in [3.8, 4) is 0 Å². The zero-order valence-electron chi connectivity index (χ0n) is 12.6. The lowest BCUT2D eigenvalue weighted by molar-refractivity contribution is 0.562. The van der Waals surface area contributed by atoms with Gasteiger partial charge in [-0.25, -0.2) is 4.98 Å². The van der Waals surface area contributed by atoms with E-state index in [4.69, 9.17) is 4.98 Å². The molecular formula is C14H25N3S2. The second kappa shape index (κ2) is 6.02. The maximum absolute atomic E-state index is 4.95. The maximum Gasteiger partial charge on any atom is 0.185 e. The van der Waals surface area contributed by atoms with Crippen LogP contribution in [0.4, 0.5) is 5.13 Å². The van der Waals surface area contributed by atoms with Gasteiger partial charge in [-0.1, -0.05) is 27.7 Å². The third kappa shape index (κ3) is 3.64. The number of thioether (sulfide) groups is 1. The van der Waals surface area contributed by atoms with Crippen molar-refractivity contribution in [2.75, 3.05) is 30.8 Å². The van der Waals surface area contributed by atoms with Gasteiger partial charge in [-0.2, -0.15) is 11.8 Å². The molecule has 1 atom stereocenters. The predicted octanol–water partition coefficient (Wildman–Crippen LogP) is 3.10. The van der Waals surface area contributed by atoms with Gasteiger partial charge in [0, 0.05) is 40.9 Å². The summed E-state index contributed by atoms with van der Waals surface area (Å²) in [6.45, 7) is 12.2. The van der Waals surface area contributed by atoms with Crippen molar-refractivity contribution in [3.63, 3.8) is 0 Å². The van der Waals surface area contributed by atoms with E-state index < -0.39 is 0 Å². The highest BCUT2D eigenvalue weighted by atomic mass is 32.2. The topological polar surface area (TPSA) is 28.2 Å². The SMILES string of the molecule is CNCc1sc(N2CCSC(C)C2)nc1C(C)(C)C. The molecule has 0 spiro atoms. The van der Waals surface area contributed by atoms with Crippen LogP contribution in [0.5, 0.6) is 0 Å². The molecule has 0 amide bonds. The van der Waals surface area contributed by atoms with E-state index in [1.807, 2.05) is 18.4 Å². The lowest BCUT2D eigenvalue weighted by atomic mass is 9.91. The summed E-state index contributed by atoms with van der Waals surface area (Å²) in [5.74, 6) is 1.22. The van der Waals surface area contributed by atoms with Crippen molar-refractivity contribution in [2.24, 2.45) is 0 Å². The first-order valence-corrected chi connectivity index (χ1v) is 8.79. The zero-order chi connectivity index (χ0) is 14.0. The molecule has 2 heterocycles. The Labute approximate surface area is 125 Å². The molecule has 3 nitrogen and oxygen atoms in total. The van der Waals surface area contributed by atoms with Crippen LogP contribution in [0.3, 0.4) is 0 Å². The Balaban J connectivity index is 2.26. The minimum Gasteiger partial charge on any atom is -0.346 e. The summed E-state index contributed by atoms with van der Waals surface area (Å²) in [5, 5.41) is 5.19. The van der Waals surface area contributed by atoms with Crippen molar-refractivity contribution in [2.45, 2.75) is 44.9 Å². The molecule has 0 bridgehead atoms. The lowest BCUT2D eigenvalue weighted by Gasteiger charge is -2.30. The van der Waals surface area contributed by atoms with Gasteiger partial charge in [0.15, 0.2) is 5.13 Å². The number of nitrogens with zero attached hydrogens (tertiary/aromatic N) is 2. The summed E-state index contributed by atoms with van der Waals surface area (Å²) in [6, 6.07) is 0. The first-order chi connectivity index (χ1) is 8.91. The minimum atomic E-state index is 0.122. The average Bonchev–Trinajstić information content (AvgIpc) is 2.73. The number of aromatic nitrogens is 1. The van der Waals surface area contributed by atoms with Gasteiger partial charge in [-0.05, 0) is 7.05 Å². The standard InChI is InChI=1S/C14H25N3S2/c1-10-9-17(6-7-18-10)13-16-12(14(2,3)4)11(19-13)8-15-5/h10,15H,6-9H2,1-5H3. The lowest BCUT2D eigenvalue weighted by Crippen LogP contribution is -2.36. The fourth-order valence-electron chi connectivity index (χ4n) is 2.33. The van der Waals surface area contributed by atoms with Gasteiger partial charge in [-0.15, -0.1) is 11.3 Å². The van der Waals surface area contributed by atoms with Crippen LogP contribution >= 0.6 is 23.1 Å². The zero-order valence-corrected chi connectivity index (χ0v) is 14.2. The number of rotatable bonds is 3. The first kappa shape index (κ1) is 15.1. The molecule has 0 saturated carbocycles. The van der Waals surface area contributed by atoms with Crippen LogP contribution < -0.4 is 10.2 Å². The van der Waals surface area contributed by atoms with Crippen molar-refractivity contribution in [1.82, 2.24) is 10.3 Å². The quantitative estimate of drug-likeness (QED) is 0.928. The molecule has 0 radical (unpaired) electrons. The van der Waals surface area contributed by atoms with Gasteiger partial charge in [0.05, 0.1) is 5.69 Å². The number of hydrogen-bond donors (Lipinski definition) is 1. The van der Waals surface area contributed by atoms with Gasteiger partial charge in [0.25, 0.3) is 0 Å². The number of hydrogen-bond acceptors (Lipinski definition) is 5. The molecule has 1 fully saturated rings. The van der Waals surface area contributed by atoms with Crippen LogP contribution in [0.1, 0.15) is 38.3 Å².